The Labute approximate surface area is 188 Å². The molecule has 2 heterocycles. The van der Waals surface area contributed by atoms with Crippen LogP contribution in [0.15, 0.2) is 29.4 Å². The topological polar surface area (TPSA) is 108 Å². The van der Waals surface area contributed by atoms with E-state index in [0.29, 0.717) is 26.7 Å². The molecule has 0 fully saturated rings. The SMILES string of the molecule is CCOC(=O)c1sc(NC(=O)CSc2nnc(COc3cccc(C)c3)n2C)nc1C. The van der Waals surface area contributed by atoms with Gasteiger partial charge in [0.05, 0.1) is 18.1 Å². The maximum absolute atomic E-state index is 12.3. The Morgan fingerprint density at radius 1 is 1.26 bits per heavy atom. The van der Waals surface area contributed by atoms with Gasteiger partial charge in [0.2, 0.25) is 5.91 Å². The van der Waals surface area contributed by atoms with E-state index in [1.54, 1.807) is 18.4 Å². The lowest BCUT2D eigenvalue weighted by atomic mass is 10.2. The number of nitrogens with one attached hydrogen (secondary N) is 1. The number of esters is 1. The van der Waals surface area contributed by atoms with Gasteiger partial charge in [-0.25, -0.2) is 9.78 Å². The third-order valence-corrected chi connectivity index (χ3v) is 6.19. The van der Waals surface area contributed by atoms with Crippen LogP contribution >= 0.6 is 23.1 Å². The summed E-state index contributed by atoms with van der Waals surface area (Å²) < 4.78 is 12.5. The molecule has 0 aliphatic heterocycles. The minimum Gasteiger partial charge on any atom is -0.486 e. The molecule has 0 unspecified atom stereocenters. The number of carbonyl (C=O) groups excluding carboxylic acids is 2. The first-order chi connectivity index (χ1) is 14.9. The molecule has 9 nitrogen and oxygen atoms in total. The van der Waals surface area contributed by atoms with Crippen molar-refractivity contribution in [2.45, 2.75) is 32.5 Å². The van der Waals surface area contributed by atoms with E-state index in [2.05, 4.69) is 20.5 Å². The number of benzene rings is 1. The number of amides is 1. The number of thioether (sulfide) groups is 1. The number of anilines is 1. The third-order valence-electron chi connectivity index (χ3n) is 4.12. The highest BCUT2D eigenvalue weighted by atomic mass is 32.2. The number of hydrogen-bond donors (Lipinski definition) is 1. The van der Waals surface area contributed by atoms with Crippen LogP contribution in [-0.4, -0.2) is 44.0 Å². The lowest BCUT2D eigenvalue weighted by molar-refractivity contribution is -0.113. The van der Waals surface area contributed by atoms with Crippen LogP contribution in [0.1, 0.15) is 33.7 Å². The van der Waals surface area contributed by atoms with E-state index in [0.717, 1.165) is 22.6 Å². The minimum atomic E-state index is -0.438. The average Bonchev–Trinajstić information content (AvgIpc) is 3.27. The molecule has 0 saturated carbocycles. The van der Waals surface area contributed by atoms with Crippen LogP contribution in [0.2, 0.25) is 0 Å². The zero-order chi connectivity index (χ0) is 22.4. The second kappa shape index (κ2) is 10.4. The molecule has 31 heavy (non-hydrogen) atoms. The van der Waals surface area contributed by atoms with E-state index < -0.39 is 5.97 Å². The maximum Gasteiger partial charge on any atom is 0.350 e. The van der Waals surface area contributed by atoms with Crippen molar-refractivity contribution in [1.29, 1.82) is 0 Å². The molecule has 0 spiro atoms. The summed E-state index contributed by atoms with van der Waals surface area (Å²) in [4.78, 5) is 28.8. The van der Waals surface area contributed by atoms with Crippen LogP contribution in [0.25, 0.3) is 0 Å². The molecule has 0 radical (unpaired) electrons. The first kappa shape index (κ1) is 22.8. The third kappa shape index (κ3) is 6.05. The Balaban J connectivity index is 1.53. The lowest BCUT2D eigenvalue weighted by Crippen LogP contribution is -2.14. The van der Waals surface area contributed by atoms with E-state index in [1.165, 1.54) is 11.8 Å². The van der Waals surface area contributed by atoms with Crippen LogP contribution < -0.4 is 10.1 Å². The summed E-state index contributed by atoms with van der Waals surface area (Å²) in [6, 6.07) is 7.77. The van der Waals surface area contributed by atoms with E-state index in [9.17, 15) is 9.59 Å². The number of carbonyl (C=O) groups is 2. The van der Waals surface area contributed by atoms with Gasteiger partial charge in [-0.15, -0.1) is 10.2 Å². The van der Waals surface area contributed by atoms with Crippen molar-refractivity contribution < 1.29 is 19.1 Å². The number of rotatable bonds is 9. The van der Waals surface area contributed by atoms with Crippen molar-refractivity contribution >= 4 is 40.1 Å². The molecule has 0 aliphatic rings. The molecule has 0 atom stereocenters. The molecular weight excluding hydrogens is 438 g/mol. The van der Waals surface area contributed by atoms with Gasteiger partial charge in [-0.05, 0) is 38.5 Å². The van der Waals surface area contributed by atoms with Crippen LogP contribution in [0.5, 0.6) is 5.75 Å². The summed E-state index contributed by atoms with van der Waals surface area (Å²) in [5.41, 5.74) is 1.64. The van der Waals surface area contributed by atoms with E-state index >= 15 is 0 Å². The molecule has 2 aromatic heterocycles. The molecule has 164 valence electrons. The van der Waals surface area contributed by atoms with Gasteiger partial charge in [-0.3, -0.25) is 4.79 Å². The number of thiazole rings is 1. The van der Waals surface area contributed by atoms with E-state index in [1.807, 2.05) is 38.2 Å². The first-order valence-corrected chi connectivity index (χ1v) is 11.3. The Kier molecular flexibility index (Phi) is 7.64. The highest BCUT2D eigenvalue weighted by Crippen LogP contribution is 2.24. The van der Waals surface area contributed by atoms with Crippen molar-refractivity contribution in [3.05, 3.63) is 46.2 Å². The fourth-order valence-electron chi connectivity index (χ4n) is 2.57. The van der Waals surface area contributed by atoms with Crippen LogP contribution in [0.4, 0.5) is 5.13 Å². The Morgan fingerprint density at radius 2 is 2.06 bits per heavy atom. The summed E-state index contributed by atoms with van der Waals surface area (Å²) in [5.74, 6) is 0.844. The van der Waals surface area contributed by atoms with Gasteiger partial charge in [0, 0.05) is 7.05 Å². The van der Waals surface area contributed by atoms with Crippen molar-refractivity contribution in [3.8, 4) is 5.75 Å². The number of hydrogen-bond acceptors (Lipinski definition) is 9. The smallest absolute Gasteiger partial charge is 0.350 e. The summed E-state index contributed by atoms with van der Waals surface area (Å²) in [5, 5.41) is 11.9. The van der Waals surface area contributed by atoms with Gasteiger partial charge < -0.3 is 19.4 Å². The zero-order valence-corrected chi connectivity index (χ0v) is 19.3. The van der Waals surface area contributed by atoms with E-state index in [-0.39, 0.29) is 24.9 Å². The van der Waals surface area contributed by atoms with Crippen molar-refractivity contribution in [1.82, 2.24) is 19.7 Å². The number of nitrogens with zero attached hydrogens (tertiary/aromatic N) is 4. The number of ether oxygens (including phenoxy) is 2. The van der Waals surface area contributed by atoms with Crippen LogP contribution in [0.3, 0.4) is 0 Å². The predicted molar refractivity (Wildman–Crippen MR) is 119 cm³/mol. The Morgan fingerprint density at radius 3 is 2.81 bits per heavy atom. The fourth-order valence-corrected chi connectivity index (χ4v) is 4.18. The Hall–Kier alpha value is -2.92. The quantitative estimate of drug-likeness (QED) is 0.382. The van der Waals surface area contributed by atoms with Crippen molar-refractivity contribution in [2.75, 3.05) is 17.7 Å². The predicted octanol–water partition coefficient (Wildman–Crippen LogP) is 3.37. The summed E-state index contributed by atoms with van der Waals surface area (Å²) in [7, 11) is 1.82. The van der Waals surface area contributed by atoms with Gasteiger partial charge in [0.25, 0.3) is 0 Å². The second-order valence-corrected chi connectivity index (χ2v) is 8.50. The molecule has 0 bridgehead atoms. The molecule has 3 rings (SSSR count). The molecule has 11 heteroatoms. The first-order valence-electron chi connectivity index (χ1n) is 9.52. The van der Waals surface area contributed by atoms with Crippen molar-refractivity contribution in [2.24, 2.45) is 7.05 Å². The summed E-state index contributed by atoms with van der Waals surface area (Å²) in [6.07, 6.45) is 0. The van der Waals surface area contributed by atoms with Crippen molar-refractivity contribution in [3.63, 3.8) is 0 Å². The molecule has 1 aromatic carbocycles. The molecular formula is C20H23N5O4S2. The maximum atomic E-state index is 12.3. The summed E-state index contributed by atoms with van der Waals surface area (Å²) in [6.45, 7) is 5.99. The molecule has 3 aromatic rings. The summed E-state index contributed by atoms with van der Waals surface area (Å²) >= 11 is 2.35. The fraction of sp³-hybridized carbons (Fsp3) is 0.350. The standard InChI is InChI=1S/C20H23N5O4S2/c1-5-28-18(27)17-13(3)21-19(31-17)22-16(26)11-30-20-24-23-15(25(20)4)10-29-14-8-6-7-12(2)9-14/h6-9H,5,10-11H2,1-4H3,(H,21,22,26). The molecule has 0 aliphatic carbocycles. The highest BCUT2D eigenvalue weighted by molar-refractivity contribution is 7.99. The normalized spacial score (nSPS) is 10.7. The lowest BCUT2D eigenvalue weighted by Gasteiger charge is -2.07. The minimum absolute atomic E-state index is 0.123. The van der Waals surface area contributed by atoms with Gasteiger partial charge >= 0.3 is 5.97 Å². The van der Waals surface area contributed by atoms with Gasteiger partial charge in [-0.2, -0.15) is 0 Å². The number of aryl methyl sites for hydroxylation is 2. The second-order valence-electron chi connectivity index (χ2n) is 6.55. The zero-order valence-electron chi connectivity index (χ0n) is 17.7. The molecule has 1 N–H and O–H groups in total. The van der Waals surface area contributed by atoms with Gasteiger partial charge in [-0.1, -0.05) is 35.2 Å². The highest BCUT2D eigenvalue weighted by Gasteiger charge is 2.18. The number of aromatic nitrogens is 4. The van der Waals surface area contributed by atoms with E-state index in [4.69, 9.17) is 9.47 Å². The average molecular weight is 462 g/mol. The van der Waals surface area contributed by atoms with Crippen LogP contribution in [0, 0.1) is 13.8 Å². The monoisotopic (exact) mass is 461 g/mol. The van der Waals surface area contributed by atoms with Crippen LogP contribution in [-0.2, 0) is 23.2 Å². The largest absolute Gasteiger partial charge is 0.486 e. The molecule has 0 saturated heterocycles. The van der Waals surface area contributed by atoms with Gasteiger partial charge in [0.15, 0.2) is 16.1 Å². The van der Waals surface area contributed by atoms with Gasteiger partial charge in [0.1, 0.15) is 17.2 Å². The molecule has 1 amide bonds. The Bertz CT molecular complexity index is 1080.